The Bertz CT molecular complexity index is 926. The summed E-state index contributed by atoms with van der Waals surface area (Å²) in [6.45, 7) is 1.88. The van der Waals surface area contributed by atoms with E-state index in [9.17, 15) is 9.59 Å². The molecule has 2 amide bonds. The summed E-state index contributed by atoms with van der Waals surface area (Å²) in [6.07, 6.45) is 1.16. The number of nitrogens with zero attached hydrogens (tertiary/aromatic N) is 2. The van der Waals surface area contributed by atoms with E-state index in [0.717, 1.165) is 23.4 Å². The van der Waals surface area contributed by atoms with Crippen LogP contribution in [0.15, 0.2) is 42.5 Å². The highest BCUT2D eigenvalue weighted by Crippen LogP contribution is 2.34. The summed E-state index contributed by atoms with van der Waals surface area (Å²) < 4.78 is 10.7. The third kappa shape index (κ3) is 2.81. The lowest BCUT2D eigenvalue weighted by molar-refractivity contribution is -0.128. The average molecular weight is 364 g/mol. The van der Waals surface area contributed by atoms with Gasteiger partial charge in [-0.1, -0.05) is 24.3 Å². The molecule has 0 bridgehead atoms. The second-order valence-electron chi connectivity index (χ2n) is 7.23. The Morgan fingerprint density at radius 2 is 1.96 bits per heavy atom. The maximum atomic E-state index is 13.0. The normalized spacial score (nSPS) is 20.3. The van der Waals surface area contributed by atoms with Crippen LogP contribution in [0.25, 0.3) is 0 Å². The number of benzene rings is 2. The zero-order chi connectivity index (χ0) is 18.4. The largest absolute Gasteiger partial charge is 0.454 e. The minimum Gasteiger partial charge on any atom is -0.454 e. The van der Waals surface area contributed by atoms with Crippen LogP contribution in [0.4, 0.5) is 5.69 Å². The molecule has 3 heterocycles. The molecule has 5 rings (SSSR count). The highest BCUT2D eigenvalue weighted by atomic mass is 16.7. The molecule has 2 aromatic carbocycles. The van der Waals surface area contributed by atoms with Crippen molar-refractivity contribution in [1.82, 2.24) is 4.90 Å². The molecule has 0 saturated carbocycles. The van der Waals surface area contributed by atoms with Gasteiger partial charge in [-0.25, -0.2) is 0 Å². The molecule has 0 radical (unpaired) electrons. The van der Waals surface area contributed by atoms with E-state index in [2.05, 4.69) is 6.07 Å². The van der Waals surface area contributed by atoms with Crippen molar-refractivity contribution in [2.75, 3.05) is 24.8 Å². The van der Waals surface area contributed by atoms with Crippen LogP contribution in [0.3, 0.4) is 0 Å². The monoisotopic (exact) mass is 364 g/mol. The second-order valence-corrected chi connectivity index (χ2v) is 7.23. The molecule has 0 N–H and O–H groups in total. The van der Waals surface area contributed by atoms with E-state index in [1.54, 1.807) is 4.90 Å². The first-order valence-electron chi connectivity index (χ1n) is 9.24. The maximum absolute atomic E-state index is 13.0. The van der Waals surface area contributed by atoms with E-state index in [1.807, 2.05) is 41.3 Å². The van der Waals surface area contributed by atoms with Gasteiger partial charge in [0, 0.05) is 31.7 Å². The molecule has 1 unspecified atom stereocenters. The number of ether oxygens (including phenoxy) is 2. The van der Waals surface area contributed by atoms with Crippen LogP contribution < -0.4 is 14.4 Å². The molecular weight excluding hydrogens is 344 g/mol. The van der Waals surface area contributed by atoms with Crippen LogP contribution >= 0.6 is 0 Å². The fourth-order valence-electron chi connectivity index (χ4n) is 4.14. The van der Waals surface area contributed by atoms with Gasteiger partial charge in [0.1, 0.15) is 0 Å². The van der Waals surface area contributed by atoms with Gasteiger partial charge < -0.3 is 19.3 Å². The van der Waals surface area contributed by atoms with Crippen molar-refractivity contribution in [1.29, 1.82) is 0 Å². The fraction of sp³-hybridized carbons (Fsp3) is 0.333. The van der Waals surface area contributed by atoms with E-state index in [0.29, 0.717) is 25.4 Å². The Morgan fingerprint density at radius 3 is 2.89 bits per heavy atom. The Balaban J connectivity index is 1.29. The molecular formula is C21H20N2O4. The number of carbonyl (C=O) groups is 2. The summed E-state index contributed by atoms with van der Waals surface area (Å²) in [6, 6.07) is 13.7. The van der Waals surface area contributed by atoms with Gasteiger partial charge >= 0.3 is 0 Å². The smallest absolute Gasteiger partial charge is 0.232 e. The lowest BCUT2D eigenvalue weighted by Gasteiger charge is -2.21. The molecule has 0 aliphatic carbocycles. The van der Waals surface area contributed by atoms with Crippen molar-refractivity contribution >= 4 is 17.5 Å². The predicted octanol–water partition coefficient (Wildman–Crippen LogP) is 2.35. The van der Waals surface area contributed by atoms with Gasteiger partial charge in [-0.05, 0) is 35.7 Å². The minimum atomic E-state index is -0.280. The highest BCUT2D eigenvalue weighted by Gasteiger charge is 2.38. The molecule has 6 heteroatoms. The van der Waals surface area contributed by atoms with Crippen molar-refractivity contribution in [2.24, 2.45) is 5.92 Å². The molecule has 1 atom stereocenters. The lowest BCUT2D eigenvalue weighted by Crippen LogP contribution is -2.36. The Kier molecular flexibility index (Phi) is 3.77. The molecule has 6 nitrogen and oxygen atoms in total. The first-order chi connectivity index (χ1) is 13.2. The van der Waals surface area contributed by atoms with Gasteiger partial charge in [-0.3, -0.25) is 9.59 Å². The van der Waals surface area contributed by atoms with Crippen LogP contribution in [0.2, 0.25) is 0 Å². The second kappa shape index (κ2) is 6.30. The predicted molar refractivity (Wildman–Crippen MR) is 98.6 cm³/mol. The summed E-state index contributed by atoms with van der Waals surface area (Å²) in [5, 5.41) is 0. The molecule has 2 aromatic rings. The van der Waals surface area contributed by atoms with Crippen LogP contribution in [0.1, 0.15) is 17.5 Å². The average Bonchev–Trinajstić information content (AvgIpc) is 3.39. The van der Waals surface area contributed by atoms with Gasteiger partial charge in [-0.15, -0.1) is 0 Å². The van der Waals surface area contributed by atoms with Crippen molar-refractivity contribution < 1.29 is 19.1 Å². The van der Waals surface area contributed by atoms with Crippen LogP contribution in [0, 0.1) is 5.92 Å². The topological polar surface area (TPSA) is 59.1 Å². The van der Waals surface area contributed by atoms with Crippen LogP contribution in [0.5, 0.6) is 11.5 Å². The summed E-state index contributed by atoms with van der Waals surface area (Å²) in [7, 11) is 0. The van der Waals surface area contributed by atoms with Crippen LogP contribution in [-0.4, -0.2) is 36.6 Å². The number of amides is 2. The van der Waals surface area contributed by atoms with Crippen molar-refractivity contribution in [3.63, 3.8) is 0 Å². The quantitative estimate of drug-likeness (QED) is 0.839. The van der Waals surface area contributed by atoms with E-state index < -0.39 is 0 Å². The number of rotatable bonds is 3. The molecule has 138 valence electrons. The number of anilines is 1. The zero-order valence-electron chi connectivity index (χ0n) is 14.9. The molecule has 0 aromatic heterocycles. The standard InChI is InChI=1S/C21H20N2O4/c24-20-10-16(21(25)23-8-7-15-3-1-2-4-17(15)23)12-22(20)11-14-5-6-18-19(9-14)27-13-26-18/h1-6,9,16H,7-8,10-13H2. The lowest BCUT2D eigenvalue weighted by atomic mass is 10.1. The van der Waals surface area contributed by atoms with Crippen molar-refractivity contribution in [3.05, 3.63) is 53.6 Å². The van der Waals surface area contributed by atoms with Crippen molar-refractivity contribution in [2.45, 2.75) is 19.4 Å². The summed E-state index contributed by atoms with van der Waals surface area (Å²) in [4.78, 5) is 29.1. The summed E-state index contributed by atoms with van der Waals surface area (Å²) >= 11 is 0. The molecule has 1 fully saturated rings. The minimum absolute atomic E-state index is 0.0264. The maximum Gasteiger partial charge on any atom is 0.232 e. The van der Waals surface area contributed by atoms with Crippen LogP contribution in [-0.2, 0) is 22.6 Å². The number of fused-ring (bicyclic) bond motifs is 2. The molecule has 0 spiro atoms. The zero-order valence-corrected chi connectivity index (χ0v) is 14.9. The Morgan fingerprint density at radius 1 is 1.11 bits per heavy atom. The number of likely N-dealkylation sites (tertiary alicyclic amines) is 1. The van der Waals surface area contributed by atoms with Gasteiger partial charge in [-0.2, -0.15) is 0 Å². The number of carbonyl (C=O) groups excluding carboxylic acids is 2. The number of hydrogen-bond donors (Lipinski definition) is 0. The third-order valence-corrected chi connectivity index (χ3v) is 5.53. The van der Waals surface area contributed by atoms with E-state index in [4.69, 9.17) is 9.47 Å². The number of para-hydroxylation sites is 1. The van der Waals surface area contributed by atoms with Gasteiger partial charge in [0.15, 0.2) is 11.5 Å². The molecule has 1 saturated heterocycles. The van der Waals surface area contributed by atoms with E-state index >= 15 is 0 Å². The molecule has 3 aliphatic heterocycles. The van der Waals surface area contributed by atoms with E-state index in [-0.39, 0.29) is 30.9 Å². The third-order valence-electron chi connectivity index (χ3n) is 5.53. The Labute approximate surface area is 157 Å². The van der Waals surface area contributed by atoms with Gasteiger partial charge in [0.25, 0.3) is 0 Å². The number of hydrogen-bond acceptors (Lipinski definition) is 4. The SMILES string of the molecule is O=C1CC(C(=O)N2CCc3ccccc32)CN1Cc1ccc2c(c1)OCO2. The summed E-state index contributed by atoms with van der Waals surface area (Å²) in [5.41, 5.74) is 3.17. The van der Waals surface area contributed by atoms with Gasteiger partial charge in [0.2, 0.25) is 18.6 Å². The fourth-order valence-corrected chi connectivity index (χ4v) is 4.14. The molecule has 27 heavy (non-hydrogen) atoms. The first-order valence-corrected chi connectivity index (χ1v) is 9.24. The molecule has 3 aliphatic rings. The van der Waals surface area contributed by atoms with Gasteiger partial charge in [0.05, 0.1) is 5.92 Å². The first kappa shape index (κ1) is 16.2. The Hall–Kier alpha value is -3.02. The summed E-state index contributed by atoms with van der Waals surface area (Å²) in [5.74, 6) is 1.24. The van der Waals surface area contributed by atoms with E-state index in [1.165, 1.54) is 5.56 Å². The highest BCUT2D eigenvalue weighted by molar-refractivity contribution is 6.00. The van der Waals surface area contributed by atoms with Crippen molar-refractivity contribution in [3.8, 4) is 11.5 Å².